The average Bonchev–Trinajstić information content (AvgIpc) is 3.45. The van der Waals surface area contributed by atoms with Crippen LogP contribution in [0.15, 0.2) is 47.5 Å². The molecule has 7 nitrogen and oxygen atoms in total. The zero-order chi connectivity index (χ0) is 21.4. The third kappa shape index (κ3) is 4.24. The van der Waals surface area contributed by atoms with Crippen molar-refractivity contribution in [1.29, 1.82) is 0 Å². The van der Waals surface area contributed by atoms with E-state index in [9.17, 15) is 10.1 Å². The second kappa shape index (κ2) is 8.47. The van der Waals surface area contributed by atoms with Crippen molar-refractivity contribution in [2.75, 3.05) is 18.9 Å². The normalized spacial score (nSPS) is 21.7. The number of aliphatic imine (C=N–C) groups is 1. The van der Waals surface area contributed by atoms with Gasteiger partial charge in [-0.15, -0.1) is 0 Å². The fourth-order valence-corrected chi connectivity index (χ4v) is 6.63. The number of nitrogens with one attached hydrogen (secondary N) is 1. The summed E-state index contributed by atoms with van der Waals surface area (Å²) in [6, 6.07) is 13.8. The summed E-state index contributed by atoms with van der Waals surface area (Å²) in [5, 5.41) is 16.9. The van der Waals surface area contributed by atoms with Crippen molar-refractivity contribution < 1.29 is 4.92 Å². The Labute approximate surface area is 188 Å². The van der Waals surface area contributed by atoms with Gasteiger partial charge in [0.1, 0.15) is 0 Å². The molecule has 2 atom stereocenters. The summed E-state index contributed by atoms with van der Waals surface area (Å²) in [6.07, 6.45) is 4.78. The van der Waals surface area contributed by atoms with Gasteiger partial charge in [0.15, 0.2) is 10.3 Å². The second-order valence-corrected chi connectivity index (χ2v) is 10.2. The van der Waals surface area contributed by atoms with E-state index < -0.39 is 0 Å². The number of nitro groups is 1. The van der Waals surface area contributed by atoms with Crippen LogP contribution in [-0.2, 0) is 6.42 Å². The van der Waals surface area contributed by atoms with Gasteiger partial charge in [-0.2, -0.15) is 0 Å². The number of hydrogen-bond acceptors (Lipinski definition) is 7. The van der Waals surface area contributed by atoms with Crippen LogP contribution in [0.3, 0.4) is 0 Å². The molecule has 1 aromatic heterocycles. The van der Waals surface area contributed by atoms with E-state index in [1.807, 2.05) is 11.8 Å². The number of rotatable bonds is 6. The maximum atomic E-state index is 10.9. The van der Waals surface area contributed by atoms with Gasteiger partial charge in [0.05, 0.1) is 20.8 Å². The molecule has 1 saturated carbocycles. The number of nitro benzene ring substituents is 1. The van der Waals surface area contributed by atoms with E-state index in [2.05, 4.69) is 46.5 Å². The van der Waals surface area contributed by atoms with E-state index in [1.165, 1.54) is 42.2 Å². The van der Waals surface area contributed by atoms with Gasteiger partial charge in [0.2, 0.25) is 0 Å². The predicted octanol–water partition coefficient (Wildman–Crippen LogP) is 5.45. The van der Waals surface area contributed by atoms with Gasteiger partial charge >= 0.3 is 0 Å². The van der Waals surface area contributed by atoms with Crippen molar-refractivity contribution in [3.63, 3.8) is 0 Å². The number of amidine groups is 1. The Kier molecular flexibility index (Phi) is 5.54. The first-order valence-corrected chi connectivity index (χ1v) is 12.1. The largest absolute Gasteiger partial charge is 0.361 e. The molecular weight excluding hydrogens is 430 g/mol. The lowest BCUT2D eigenvalue weighted by Gasteiger charge is -2.19. The number of thioether (sulfide) groups is 1. The molecule has 31 heavy (non-hydrogen) atoms. The van der Waals surface area contributed by atoms with E-state index in [4.69, 9.17) is 4.99 Å². The van der Waals surface area contributed by atoms with Crippen molar-refractivity contribution in [1.82, 2.24) is 9.88 Å². The molecule has 0 spiro atoms. The third-order valence-corrected chi connectivity index (χ3v) is 8.33. The summed E-state index contributed by atoms with van der Waals surface area (Å²) >= 11 is 3.37. The lowest BCUT2D eigenvalue weighted by molar-refractivity contribution is -0.384. The Balaban J connectivity index is 1.18. The van der Waals surface area contributed by atoms with Crippen LogP contribution < -0.4 is 5.32 Å². The summed E-state index contributed by atoms with van der Waals surface area (Å²) in [5.74, 6) is 0. The first-order valence-electron chi connectivity index (χ1n) is 10.4. The van der Waals surface area contributed by atoms with Gasteiger partial charge in [0, 0.05) is 37.0 Å². The highest BCUT2D eigenvalue weighted by molar-refractivity contribution is 8.14. The molecular formula is C22H23N5O2S2. The minimum Gasteiger partial charge on any atom is -0.361 e. The number of fused-ring (bicyclic) bond motifs is 2. The summed E-state index contributed by atoms with van der Waals surface area (Å²) in [6.45, 7) is 0.748. The molecule has 0 bridgehead atoms. The SMILES string of the molecule is CN1/C(=N/c2ccc(CCNc3nc4ccc([N+](=O)[O-])cc4s3)cc2)SC2CCC[C@H]21. The molecule has 1 N–H and O–H groups in total. The third-order valence-electron chi connectivity index (χ3n) is 5.91. The number of aromatic nitrogens is 1. The molecule has 2 fully saturated rings. The van der Waals surface area contributed by atoms with Crippen LogP contribution in [0.5, 0.6) is 0 Å². The highest BCUT2D eigenvalue weighted by atomic mass is 32.2. The lowest BCUT2D eigenvalue weighted by atomic mass is 10.1. The predicted molar refractivity (Wildman–Crippen MR) is 129 cm³/mol. The van der Waals surface area contributed by atoms with Crippen molar-refractivity contribution >= 4 is 55.0 Å². The second-order valence-electron chi connectivity index (χ2n) is 7.93. The van der Waals surface area contributed by atoms with Crippen LogP contribution in [0.1, 0.15) is 24.8 Å². The fourth-order valence-electron chi connectivity index (χ4n) is 4.22. The van der Waals surface area contributed by atoms with Gasteiger partial charge in [-0.1, -0.05) is 41.7 Å². The van der Waals surface area contributed by atoms with Crippen molar-refractivity contribution in [2.24, 2.45) is 4.99 Å². The number of nitrogens with zero attached hydrogens (tertiary/aromatic N) is 4. The number of anilines is 1. The van der Waals surface area contributed by atoms with Crippen LogP contribution >= 0.6 is 23.1 Å². The molecule has 2 aliphatic rings. The van der Waals surface area contributed by atoms with Crippen LogP contribution in [0.2, 0.25) is 0 Å². The number of hydrogen-bond donors (Lipinski definition) is 1. The number of non-ortho nitro benzene ring substituents is 1. The van der Waals surface area contributed by atoms with Crippen molar-refractivity contribution in [3.05, 3.63) is 58.1 Å². The average molecular weight is 454 g/mol. The monoisotopic (exact) mass is 453 g/mol. The minimum atomic E-state index is -0.379. The molecule has 0 radical (unpaired) electrons. The van der Waals surface area contributed by atoms with Crippen molar-refractivity contribution in [2.45, 2.75) is 37.0 Å². The molecule has 1 unspecified atom stereocenters. The zero-order valence-corrected chi connectivity index (χ0v) is 18.8. The molecule has 5 rings (SSSR count). The maximum Gasteiger partial charge on any atom is 0.270 e. The van der Waals surface area contributed by atoms with Gasteiger partial charge in [0.25, 0.3) is 5.69 Å². The highest BCUT2D eigenvalue weighted by Gasteiger charge is 2.39. The Morgan fingerprint density at radius 3 is 2.87 bits per heavy atom. The van der Waals surface area contributed by atoms with E-state index in [0.29, 0.717) is 11.3 Å². The van der Waals surface area contributed by atoms with Gasteiger partial charge in [-0.3, -0.25) is 10.1 Å². The first kappa shape index (κ1) is 20.3. The Morgan fingerprint density at radius 1 is 1.26 bits per heavy atom. The molecule has 1 aliphatic carbocycles. The smallest absolute Gasteiger partial charge is 0.270 e. The van der Waals surface area contributed by atoms with Gasteiger partial charge in [-0.25, -0.2) is 9.98 Å². The van der Waals surface area contributed by atoms with Crippen LogP contribution in [0.4, 0.5) is 16.5 Å². The first-order chi connectivity index (χ1) is 15.1. The Morgan fingerprint density at radius 2 is 2.10 bits per heavy atom. The molecule has 2 aromatic carbocycles. The zero-order valence-electron chi connectivity index (χ0n) is 17.2. The van der Waals surface area contributed by atoms with Crippen molar-refractivity contribution in [3.8, 4) is 0 Å². The molecule has 3 aromatic rings. The molecule has 9 heteroatoms. The molecule has 160 valence electrons. The Bertz CT molecular complexity index is 1140. The molecule has 1 aliphatic heterocycles. The van der Waals surface area contributed by atoms with Crippen LogP contribution in [-0.4, -0.2) is 44.9 Å². The minimum absolute atomic E-state index is 0.0942. The van der Waals surface area contributed by atoms with Crippen LogP contribution in [0, 0.1) is 10.1 Å². The topological polar surface area (TPSA) is 83.7 Å². The van der Waals surface area contributed by atoms with Crippen LogP contribution in [0.25, 0.3) is 10.2 Å². The number of benzene rings is 2. The quantitative estimate of drug-likeness (QED) is 0.395. The summed E-state index contributed by atoms with van der Waals surface area (Å²) in [5.41, 5.74) is 3.11. The van der Waals surface area contributed by atoms with E-state index >= 15 is 0 Å². The molecule has 1 saturated heterocycles. The fraction of sp³-hybridized carbons (Fsp3) is 0.364. The lowest BCUT2D eigenvalue weighted by Crippen LogP contribution is -2.30. The molecule has 0 amide bonds. The summed E-state index contributed by atoms with van der Waals surface area (Å²) in [4.78, 5) is 22.3. The standard InChI is InChI=1S/C22H23N5O2S2/c1-26-18-3-2-4-19(18)31-22(26)24-15-7-5-14(6-8-15)11-12-23-21-25-17-10-9-16(27(28)29)13-20(17)30-21/h5-10,13,18-19H,2-4,11-12H2,1H3,(H,23,25)/b24-22-/t18-,19?/m1/s1. The summed E-state index contributed by atoms with van der Waals surface area (Å²) < 4.78 is 0.819. The van der Waals surface area contributed by atoms with Gasteiger partial charge < -0.3 is 10.2 Å². The van der Waals surface area contributed by atoms with Gasteiger partial charge in [-0.05, 0) is 43.0 Å². The van der Waals surface area contributed by atoms with E-state index in [-0.39, 0.29) is 10.6 Å². The highest BCUT2D eigenvalue weighted by Crippen LogP contribution is 2.41. The molecule has 2 heterocycles. The summed E-state index contributed by atoms with van der Waals surface area (Å²) in [7, 11) is 2.17. The number of thiazole rings is 1. The Hall–Kier alpha value is -2.65. The maximum absolute atomic E-state index is 10.9. The van der Waals surface area contributed by atoms with E-state index in [0.717, 1.165) is 39.2 Å². The van der Waals surface area contributed by atoms with E-state index in [1.54, 1.807) is 12.1 Å².